The molecule has 98 valence electrons. The molecule has 2 heterocycles. The van der Waals surface area contributed by atoms with E-state index in [0.717, 1.165) is 17.3 Å². The van der Waals surface area contributed by atoms with Gasteiger partial charge in [-0.1, -0.05) is 30.3 Å². The number of pyridine rings is 1. The summed E-state index contributed by atoms with van der Waals surface area (Å²) in [5.74, 6) is -0.526. The van der Waals surface area contributed by atoms with Crippen LogP contribution in [0.25, 0.3) is 22.4 Å². The summed E-state index contributed by atoms with van der Waals surface area (Å²) in [5.41, 5.74) is 2.60. The molecule has 3 nitrogen and oxygen atoms in total. The molecule has 20 heavy (non-hydrogen) atoms. The van der Waals surface area contributed by atoms with Crippen molar-refractivity contribution < 1.29 is 4.39 Å². The predicted octanol–water partition coefficient (Wildman–Crippen LogP) is 4.00. The van der Waals surface area contributed by atoms with Crippen molar-refractivity contribution in [2.75, 3.05) is 0 Å². The number of hydrogen-bond acceptors (Lipinski definition) is 3. The number of hydrogen-bond donors (Lipinski definition) is 0. The molecule has 0 fully saturated rings. The van der Waals surface area contributed by atoms with Gasteiger partial charge in [-0.05, 0) is 23.2 Å². The number of halogens is 2. The lowest BCUT2D eigenvalue weighted by Gasteiger charge is -2.05. The monoisotopic (exact) mass is 285 g/mol. The van der Waals surface area contributed by atoms with E-state index in [1.165, 1.54) is 0 Å². The maximum absolute atomic E-state index is 13.8. The number of benzene rings is 1. The molecule has 5 heteroatoms. The zero-order chi connectivity index (χ0) is 13.9. The van der Waals surface area contributed by atoms with E-state index in [1.807, 2.05) is 36.4 Å². The Kier molecular flexibility index (Phi) is 3.39. The minimum atomic E-state index is -0.526. The third-order valence-corrected chi connectivity index (χ3v) is 3.02. The van der Waals surface area contributed by atoms with Crippen LogP contribution in [0.2, 0.25) is 5.28 Å². The molecule has 0 radical (unpaired) electrons. The Morgan fingerprint density at radius 2 is 1.65 bits per heavy atom. The lowest BCUT2D eigenvalue weighted by atomic mass is 10.0. The van der Waals surface area contributed by atoms with Crippen molar-refractivity contribution in [1.29, 1.82) is 0 Å². The van der Waals surface area contributed by atoms with Crippen LogP contribution in [0.1, 0.15) is 0 Å². The summed E-state index contributed by atoms with van der Waals surface area (Å²) < 4.78 is 13.8. The highest BCUT2D eigenvalue weighted by Crippen LogP contribution is 2.25. The van der Waals surface area contributed by atoms with E-state index in [0.29, 0.717) is 5.56 Å². The molecule has 0 saturated heterocycles. The van der Waals surface area contributed by atoms with Crippen LogP contribution >= 0.6 is 11.6 Å². The molecule has 0 saturated carbocycles. The minimum absolute atomic E-state index is 0.00603. The average Bonchev–Trinajstić information content (AvgIpc) is 2.51. The molecule has 0 amide bonds. The standard InChI is InChI=1S/C15H9ClFN3/c16-15-19-9-13(17)14(20-15)12-6-11(7-18-8-12)10-4-2-1-3-5-10/h1-9H. The minimum Gasteiger partial charge on any atom is -0.263 e. The largest absolute Gasteiger partial charge is 0.263 e. The van der Waals surface area contributed by atoms with Gasteiger partial charge in [0.05, 0.1) is 6.20 Å². The molecular weight excluding hydrogens is 277 g/mol. The van der Waals surface area contributed by atoms with Gasteiger partial charge in [-0.3, -0.25) is 4.98 Å². The first-order valence-electron chi connectivity index (χ1n) is 5.93. The average molecular weight is 286 g/mol. The van der Waals surface area contributed by atoms with E-state index in [9.17, 15) is 4.39 Å². The molecular formula is C15H9ClFN3. The van der Waals surface area contributed by atoms with E-state index in [4.69, 9.17) is 11.6 Å². The quantitative estimate of drug-likeness (QED) is 0.668. The van der Waals surface area contributed by atoms with Gasteiger partial charge in [0, 0.05) is 23.5 Å². The normalized spacial score (nSPS) is 10.5. The molecule has 0 N–H and O–H groups in total. The van der Waals surface area contributed by atoms with Crippen LogP contribution in [0.5, 0.6) is 0 Å². The molecule has 3 aromatic rings. The van der Waals surface area contributed by atoms with Crippen LogP contribution in [-0.4, -0.2) is 15.0 Å². The first-order chi connectivity index (χ1) is 9.74. The van der Waals surface area contributed by atoms with Gasteiger partial charge in [0.25, 0.3) is 0 Å². The van der Waals surface area contributed by atoms with Crippen molar-refractivity contribution in [2.45, 2.75) is 0 Å². The third kappa shape index (κ3) is 2.51. The number of nitrogens with zero attached hydrogens (tertiary/aromatic N) is 3. The Hall–Kier alpha value is -2.33. The van der Waals surface area contributed by atoms with Gasteiger partial charge in [-0.2, -0.15) is 0 Å². The third-order valence-electron chi connectivity index (χ3n) is 2.83. The van der Waals surface area contributed by atoms with E-state index < -0.39 is 5.82 Å². The van der Waals surface area contributed by atoms with Crippen LogP contribution < -0.4 is 0 Å². The molecule has 0 atom stereocenters. The summed E-state index contributed by atoms with van der Waals surface area (Å²) in [5, 5.41) is 0.00603. The van der Waals surface area contributed by atoms with Crippen LogP contribution in [0.3, 0.4) is 0 Å². The predicted molar refractivity (Wildman–Crippen MR) is 75.7 cm³/mol. The van der Waals surface area contributed by atoms with Gasteiger partial charge in [0.1, 0.15) is 5.69 Å². The Labute approximate surface area is 120 Å². The van der Waals surface area contributed by atoms with Crippen molar-refractivity contribution in [3.8, 4) is 22.4 Å². The van der Waals surface area contributed by atoms with Crippen molar-refractivity contribution >= 4 is 11.6 Å². The van der Waals surface area contributed by atoms with Crippen molar-refractivity contribution in [3.63, 3.8) is 0 Å². The van der Waals surface area contributed by atoms with Crippen LogP contribution in [0.4, 0.5) is 4.39 Å². The Balaban J connectivity index is 2.10. The number of aromatic nitrogens is 3. The topological polar surface area (TPSA) is 38.7 Å². The SMILES string of the molecule is Fc1cnc(Cl)nc1-c1cncc(-c2ccccc2)c1. The second-order valence-electron chi connectivity index (χ2n) is 4.16. The highest BCUT2D eigenvalue weighted by molar-refractivity contribution is 6.28. The van der Waals surface area contributed by atoms with Gasteiger partial charge in [-0.15, -0.1) is 0 Å². The van der Waals surface area contributed by atoms with Gasteiger partial charge in [0.15, 0.2) is 5.82 Å². The zero-order valence-corrected chi connectivity index (χ0v) is 11.0. The van der Waals surface area contributed by atoms with Gasteiger partial charge in [-0.25, -0.2) is 14.4 Å². The summed E-state index contributed by atoms with van der Waals surface area (Å²) in [6, 6.07) is 11.6. The highest BCUT2D eigenvalue weighted by Gasteiger charge is 2.10. The fourth-order valence-electron chi connectivity index (χ4n) is 1.91. The summed E-state index contributed by atoms with van der Waals surface area (Å²) in [6.45, 7) is 0. The lowest BCUT2D eigenvalue weighted by Crippen LogP contribution is -1.93. The first-order valence-corrected chi connectivity index (χ1v) is 6.31. The number of rotatable bonds is 2. The summed E-state index contributed by atoms with van der Waals surface area (Å²) in [6.07, 6.45) is 4.33. The second-order valence-corrected chi connectivity index (χ2v) is 4.50. The van der Waals surface area contributed by atoms with Gasteiger partial charge < -0.3 is 0 Å². The molecule has 0 bridgehead atoms. The highest BCUT2D eigenvalue weighted by atomic mass is 35.5. The molecule has 0 aliphatic heterocycles. The fraction of sp³-hybridized carbons (Fsp3) is 0. The summed E-state index contributed by atoms with van der Waals surface area (Å²) in [7, 11) is 0. The van der Waals surface area contributed by atoms with Crippen molar-refractivity contribution in [2.24, 2.45) is 0 Å². The molecule has 0 unspecified atom stereocenters. The molecule has 1 aromatic carbocycles. The van der Waals surface area contributed by atoms with Crippen LogP contribution in [0, 0.1) is 5.82 Å². The molecule has 0 spiro atoms. The zero-order valence-electron chi connectivity index (χ0n) is 10.3. The van der Waals surface area contributed by atoms with Crippen molar-refractivity contribution in [3.05, 3.63) is 66.1 Å². The smallest absolute Gasteiger partial charge is 0.223 e. The molecule has 0 aliphatic rings. The molecule has 2 aromatic heterocycles. The summed E-state index contributed by atoms with van der Waals surface area (Å²) in [4.78, 5) is 11.7. The van der Waals surface area contributed by atoms with E-state index >= 15 is 0 Å². The maximum Gasteiger partial charge on any atom is 0.223 e. The van der Waals surface area contributed by atoms with E-state index in [2.05, 4.69) is 15.0 Å². The Morgan fingerprint density at radius 1 is 0.900 bits per heavy atom. The fourth-order valence-corrected chi connectivity index (χ4v) is 2.04. The second kappa shape index (κ2) is 5.35. The van der Waals surface area contributed by atoms with E-state index in [-0.39, 0.29) is 11.0 Å². The van der Waals surface area contributed by atoms with E-state index in [1.54, 1.807) is 12.4 Å². The molecule has 3 rings (SSSR count). The first kappa shape index (κ1) is 12.7. The van der Waals surface area contributed by atoms with Crippen LogP contribution in [0.15, 0.2) is 55.0 Å². The van der Waals surface area contributed by atoms with Crippen molar-refractivity contribution in [1.82, 2.24) is 15.0 Å². The molecule has 0 aliphatic carbocycles. The Morgan fingerprint density at radius 3 is 2.45 bits per heavy atom. The Bertz CT molecular complexity index is 747. The lowest BCUT2D eigenvalue weighted by molar-refractivity contribution is 0.618. The van der Waals surface area contributed by atoms with Crippen LogP contribution in [-0.2, 0) is 0 Å². The maximum atomic E-state index is 13.8. The van der Waals surface area contributed by atoms with Gasteiger partial charge in [0.2, 0.25) is 5.28 Å². The van der Waals surface area contributed by atoms with Gasteiger partial charge >= 0.3 is 0 Å². The summed E-state index contributed by atoms with van der Waals surface area (Å²) >= 11 is 5.71.